The number of anilines is 2. The summed E-state index contributed by atoms with van der Waals surface area (Å²) in [6.07, 6.45) is 6.38. The molecule has 5 aliphatic heterocycles. The molecule has 2 N–H and O–H groups in total. The van der Waals surface area contributed by atoms with Crippen LogP contribution in [0.4, 0.5) is 15.9 Å². The number of aromatic nitrogens is 2. The molecule has 1 aromatic heterocycles. The molecule has 4 saturated heterocycles. The number of hydrogen-bond donors (Lipinski definition) is 2. The van der Waals surface area contributed by atoms with E-state index in [4.69, 9.17) is 21.6 Å². The minimum absolute atomic E-state index is 0.00645. The molecule has 0 radical (unpaired) electrons. The number of hydrogen-bond acceptors (Lipinski definition) is 12. The first-order chi connectivity index (χ1) is 28.0. The van der Waals surface area contributed by atoms with E-state index in [1.165, 1.54) is 6.07 Å². The van der Waals surface area contributed by atoms with E-state index in [9.17, 15) is 24.0 Å². The van der Waals surface area contributed by atoms with Gasteiger partial charge in [-0.05, 0) is 68.2 Å². The molecule has 0 bridgehead atoms. The van der Waals surface area contributed by atoms with Crippen molar-refractivity contribution in [2.75, 3.05) is 55.6 Å². The van der Waals surface area contributed by atoms with Crippen LogP contribution < -0.4 is 25.2 Å². The predicted molar refractivity (Wildman–Crippen MR) is 207 cm³/mol. The van der Waals surface area contributed by atoms with Crippen LogP contribution >= 0.6 is 11.6 Å². The van der Waals surface area contributed by atoms with Gasteiger partial charge in [-0.15, -0.1) is 0 Å². The molecule has 6 heterocycles. The number of benzene rings is 2. The Morgan fingerprint density at radius 2 is 1.64 bits per heavy atom. The van der Waals surface area contributed by atoms with E-state index in [1.807, 2.05) is 11.0 Å². The minimum atomic E-state index is -1.10. The number of ether oxygens (including phenoxy) is 1. The van der Waals surface area contributed by atoms with Gasteiger partial charge < -0.3 is 24.8 Å². The summed E-state index contributed by atoms with van der Waals surface area (Å²) >= 11 is 6.14. The van der Waals surface area contributed by atoms with E-state index < -0.39 is 35.5 Å². The zero-order valence-corrected chi connectivity index (χ0v) is 32.3. The quantitative estimate of drug-likeness (QED) is 0.302. The second kappa shape index (κ2) is 15.3. The molecule has 15 nitrogen and oxygen atoms in total. The number of piperidine rings is 1. The third-order valence-corrected chi connectivity index (χ3v) is 12.8. The van der Waals surface area contributed by atoms with Crippen molar-refractivity contribution in [1.82, 2.24) is 30.4 Å². The van der Waals surface area contributed by atoms with Gasteiger partial charge in [0, 0.05) is 70.3 Å². The maximum atomic E-state index is 15.3. The number of fused-ring (bicyclic) bond motifs is 2. The lowest BCUT2D eigenvalue weighted by atomic mass is 9.93. The van der Waals surface area contributed by atoms with E-state index in [1.54, 1.807) is 30.6 Å². The first kappa shape index (κ1) is 37.9. The maximum Gasteiger partial charge on any atom is 0.271 e. The number of nitrogens with zero attached hydrogens (tertiary/aromatic N) is 7. The number of nitrogens with one attached hydrogen (secondary N) is 2. The lowest BCUT2D eigenvalue weighted by Crippen LogP contribution is -2.54. The number of likely N-dealkylation sites (tertiary alicyclic amines) is 1. The highest BCUT2D eigenvalue weighted by atomic mass is 35.5. The van der Waals surface area contributed by atoms with Gasteiger partial charge in [0.2, 0.25) is 11.8 Å². The molecule has 5 fully saturated rings. The smallest absolute Gasteiger partial charge is 0.271 e. The van der Waals surface area contributed by atoms with Crippen molar-refractivity contribution in [2.45, 2.75) is 56.7 Å². The molecule has 2 aromatic carbocycles. The van der Waals surface area contributed by atoms with Crippen LogP contribution in [0.25, 0.3) is 0 Å². The van der Waals surface area contributed by atoms with Gasteiger partial charge in [-0.3, -0.25) is 34.2 Å². The second-order valence-corrected chi connectivity index (χ2v) is 16.7. The minimum Gasteiger partial charge on any atom is -0.490 e. The molecule has 1 saturated carbocycles. The molecule has 1 aliphatic carbocycles. The van der Waals surface area contributed by atoms with Gasteiger partial charge in [-0.25, -0.2) is 14.4 Å². The summed E-state index contributed by atoms with van der Waals surface area (Å²) in [5, 5.41) is 14.7. The van der Waals surface area contributed by atoms with Crippen molar-refractivity contribution in [3.63, 3.8) is 0 Å². The fraction of sp³-hybridized carbons (Fsp3) is 0.463. The van der Waals surface area contributed by atoms with Crippen molar-refractivity contribution in [2.24, 2.45) is 17.8 Å². The van der Waals surface area contributed by atoms with E-state index in [2.05, 4.69) is 30.4 Å². The number of imide groups is 2. The molecule has 6 aliphatic rings. The van der Waals surface area contributed by atoms with Crippen LogP contribution in [-0.4, -0.2) is 113 Å². The summed E-state index contributed by atoms with van der Waals surface area (Å²) in [6, 6.07) is 8.53. The van der Waals surface area contributed by atoms with Gasteiger partial charge in [0.1, 0.15) is 35.2 Å². The lowest BCUT2D eigenvalue weighted by Gasteiger charge is -2.43. The molecular formula is C41H41ClFN9O6. The molecule has 9 rings (SSSR count). The van der Waals surface area contributed by atoms with Crippen molar-refractivity contribution in [3.05, 3.63) is 75.9 Å². The predicted octanol–water partition coefficient (Wildman–Crippen LogP) is 3.17. The summed E-state index contributed by atoms with van der Waals surface area (Å²) in [5.41, 5.74) is 0.959. The summed E-state index contributed by atoms with van der Waals surface area (Å²) in [6.45, 7) is 5.70. The number of amides is 5. The molecule has 3 aromatic rings. The monoisotopic (exact) mass is 809 g/mol. The summed E-state index contributed by atoms with van der Waals surface area (Å²) in [5.74, 6) is -0.717. The van der Waals surface area contributed by atoms with Crippen LogP contribution in [0.15, 0.2) is 42.7 Å². The SMILES string of the molecule is N#Cc1ccc(O[C@H]2CC[C@H](NC(=O)c3cnc(N4CC5CN(CC6CN(c7cc8c(cc7F)C(=O)N(C7CCC(=O)NC7=O)C8=O)C6)CC5C4)cn3)CC2)cc1Cl. The first-order valence-electron chi connectivity index (χ1n) is 19.8. The van der Waals surface area contributed by atoms with E-state index in [-0.39, 0.29) is 53.4 Å². The average molecular weight is 810 g/mol. The molecular weight excluding hydrogens is 769 g/mol. The lowest BCUT2D eigenvalue weighted by molar-refractivity contribution is -0.136. The summed E-state index contributed by atoms with van der Waals surface area (Å²) in [4.78, 5) is 79.8. The Balaban J connectivity index is 0.712. The number of rotatable bonds is 9. The Kier molecular flexibility index (Phi) is 9.97. The van der Waals surface area contributed by atoms with Crippen LogP contribution in [0, 0.1) is 34.9 Å². The summed E-state index contributed by atoms with van der Waals surface area (Å²) in [7, 11) is 0. The van der Waals surface area contributed by atoms with E-state index >= 15 is 4.39 Å². The number of carbonyl (C=O) groups excluding carboxylic acids is 5. The fourth-order valence-electron chi connectivity index (χ4n) is 9.43. The molecule has 300 valence electrons. The van der Waals surface area contributed by atoms with Gasteiger partial charge in [0.15, 0.2) is 0 Å². The first-order valence-corrected chi connectivity index (χ1v) is 20.2. The number of halogens is 2. The van der Waals surface area contributed by atoms with Gasteiger partial charge in [-0.2, -0.15) is 5.26 Å². The molecule has 58 heavy (non-hydrogen) atoms. The van der Waals surface area contributed by atoms with Gasteiger partial charge >= 0.3 is 0 Å². The fourth-order valence-corrected chi connectivity index (χ4v) is 9.65. The third-order valence-electron chi connectivity index (χ3n) is 12.5. The number of nitriles is 1. The van der Waals surface area contributed by atoms with Crippen LogP contribution in [0.5, 0.6) is 5.75 Å². The van der Waals surface area contributed by atoms with E-state index in [0.717, 1.165) is 75.2 Å². The zero-order chi connectivity index (χ0) is 40.2. The standard InChI is InChI=1S/C41H41ClFN9O6/c42-31-9-28(4-1-23(31)12-44)58-27-5-2-26(3-6-27)47-38(54)33-13-46-36(14-45-33)51-20-24-18-49(19-25(24)21-51)15-22-16-50(17-22)35-11-30-29(10-32(35)43)40(56)52(41(30)57)34-7-8-37(53)48-39(34)55/h1,4,9-11,13-14,22,24-27,34H,2-3,5-8,15-21H2,(H,47,54)(H,48,53,55)/t24?,25?,26-,27-,34?. The van der Waals surface area contributed by atoms with Crippen LogP contribution in [0.2, 0.25) is 5.02 Å². The van der Waals surface area contributed by atoms with Crippen LogP contribution in [0.3, 0.4) is 0 Å². The Hall–Kier alpha value is -5.66. The van der Waals surface area contributed by atoms with Crippen molar-refractivity contribution in [1.29, 1.82) is 5.26 Å². The number of carbonyl (C=O) groups is 5. The van der Waals surface area contributed by atoms with Gasteiger partial charge in [0.25, 0.3) is 17.7 Å². The molecule has 0 spiro atoms. The Bertz CT molecular complexity index is 2230. The molecule has 17 heteroatoms. The Morgan fingerprint density at radius 3 is 2.29 bits per heavy atom. The Morgan fingerprint density at radius 1 is 0.914 bits per heavy atom. The highest BCUT2D eigenvalue weighted by Crippen LogP contribution is 2.38. The topological polar surface area (TPSA) is 181 Å². The van der Waals surface area contributed by atoms with Gasteiger partial charge in [0.05, 0.1) is 45.9 Å². The van der Waals surface area contributed by atoms with Crippen molar-refractivity contribution >= 4 is 52.6 Å². The molecule has 5 amide bonds. The van der Waals surface area contributed by atoms with Crippen LogP contribution in [-0.2, 0) is 9.59 Å². The van der Waals surface area contributed by atoms with Crippen molar-refractivity contribution in [3.8, 4) is 11.8 Å². The highest BCUT2D eigenvalue weighted by Gasteiger charge is 2.46. The largest absolute Gasteiger partial charge is 0.490 e. The van der Waals surface area contributed by atoms with Crippen LogP contribution in [0.1, 0.15) is 75.3 Å². The second-order valence-electron chi connectivity index (χ2n) is 16.3. The normalized spacial score (nSPS) is 25.9. The Labute approximate surface area is 338 Å². The van der Waals surface area contributed by atoms with Crippen molar-refractivity contribution < 1.29 is 33.1 Å². The highest BCUT2D eigenvalue weighted by molar-refractivity contribution is 6.31. The van der Waals surface area contributed by atoms with E-state index in [0.29, 0.717) is 47.2 Å². The maximum absolute atomic E-state index is 15.3. The average Bonchev–Trinajstić information content (AvgIpc) is 3.84. The molecule has 3 atom stereocenters. The third kappa shape index (κ3) is 7.21. The van der Waals surface area contributed by atoms with Gasteiger partial charge in [-0.1, -0.05) is 11.6 Å². The zero-order valence-electron chi connectivity index (χ0n) is 31.5. The molecule has 3 unspecified atom stereocenters. The summed E-state index contributed by atoms with van der Waals surface area (Å²) < 4.78 is 21.4.